The fourth-order valence-electron chi connectivity index (χ4n) is 7.58. The number of fused-ring (bicyclic) bond motifs is 1. The molecule has 0 saturated carbocycles. The lowest BCUT2D eigenvalue weighted by atomic mass is 10.0. The Morgan fingerprint density at radius 3 is 2.41 bits per heavy atom. The highest BCUT2D eigenvalue weighted by atomic mass is 35.5. The van der Waals surface area contributed by atoms with Crippen LogP contribution in [0.25, 0.3) is 0 Å². The summed E-state index contributed by atoms with van der Waals surface area (Å²) in [5, 5.41) is 16.8. The molecule has 1 aromatic heterocycles. The number of nitrogens with one attached hydrogen (secondary N) is 5. The molecule has 4 amide bonds. The second-order valence-corrected chi connectivity index (χ2v) is 18.5. The van der Waals surface area contributed by atoms with Crippen LogP contribution < -0.4 is 41.5 Å². The number of anilines is 6. The number of aromatic nitrogens is 2. The van der Waals surface area contributed by atoms with E-state index in [1.807, 2.05) is 36.4 Å². The number of rotatable bonds is 15. The molecule has 3 aliphatic heterocycles. The fourth-order valence-corrected chi connectivity index (χ4v) is 8.87. The molecule has 4 heterocycles. The minimum Gasteiger partial charge on any atom is -0.494 e. The number of piperidine rings is 2. The second kappa shape index (κ2) is 17.6. The Morgan fingerprint density at radius 2 is 1.66 bits per heavy atom. The van der Waals surface area contributed by atoms with Gasteiger partial charge in [0.15, 0.2) is 5.82 Å². The maximum atomic E-state index is 13.4. The Hall–Kier alpha value is -5.50. The summed E-state index contributed by atoms with van der Waals surface area (Å²) in [6.45, 7) is 6.68. The van der Waals surface area contributed by atoms with E-state index in [0.29, 0.717) is 57.5 Å². The van der Waals surface area contributed by atoms with Gasteiger partial charge in [-0.15, -0.1) is 0 Å². The number of para-hydroxylation sites is 1. The summed E-state index contributed by atoms with van der Waals surface area (Å²) in [6.07, 6.45) is 5.46. The van der Waals surface area contributed by atoms with Gasteiger partial charge in [-0.3, -0.25) is 29.4 Å². The van der Waals surface area contributed by atoms with E-state index in [-0.39, 0.29) is 24.0 Å². The normalized spacial score (nSPS) is 17.3. The number of hydrogen-bond donors (Lipinski definition) is 5. The highest BCUT2D eigenvalue weighted by Crippen LogP contribution is 2.39. The molecule has 0 bridgehead atoms. The SMILES string of the molecule is COc1cc(N2CCC(NCCCCNc3cccc4c3C(=O)N(C3CCC(=O)NC3=O)C4=O)CC2)ccc1Nc1ncc(Cl)c(Nc2ccccc2P(C)(C)=O)n1. The molecule has 7 rings (SSSR count). The number of halogens is 1. The first kappa shape index (κ1) is 40.7. The first-order chi connectivity index (χ1) is 27.9. The summed E-state index contributed by atoms with van der Waals surface area (Å²) >= 11 is 6.46. The van der Waals surface area contributed by atoms with Crippen LogP contribution in [0.1, 0.15) is 59.2 Å². The van der Waals surface area contributed by atoms with E-state index >= 15 is 0 Å². The molecule has 1 atom stereocenters. The smallest absolute Gasteiger partial charge is 0.264 e. The molecule has 3 aliphatic rings. The van der Waals surface area contributed by atoms with Crippen LogP contribution in [0.3, 0.4) is 0 Å². The molecule has 2 fully saturated rings. The van der Waals surface area contributed by atoms with Gasteiger partial charge in [-0.25, -0.2) is 4.98 Å². The third-order valence-electron chi connectivity index (χ3n) is 10.6. The van der Waals surface area contributed by atoms with E-state index in [0.717, 1.165) is 55.9 Å². The predicted octanol–water partition coefficient (Wildman–Crippen LogP) is 5.73. The lowest BCUT2D eigenvalue weighted by Crippen LogP contribution is -2.54. The zero-order valence-electron chi connectivity index (χ0n) is 32.6. The number of amides is 4. The maximum absolute atomic E-state index is 13.4. The summed E-state index contributed by atoms with van der Waals surface area (Å²) < 4.78 is 18.6. The summed E-state index contributed by atoms with van der Waals surface area (Å²) in [7, 11) is -0.930. The molecule has 0 aliphatic carbocycles. The molecular formula is C41H47ClN9O6P. The first-order valence-electron chi connectivity index (χ1n) is 19.4. The van der Waals surface area contributed by atoms with Crippen molar-refractivity contribution in [3.05, 3.63) is 83.0 Å². The van der Waals surface area contributed by atoms with Crippen molar-refractivity contribution in [1.29, 1.82) is 0 Å². The molecule has 5 N–H and O–H groups in total. The monoisotopic (exact) mass is 827 g/mol. The van der Waals surface area contributed by atoms with Crippen LogP contribution in [-0.4, -0.2) is 97.2 Å². The summed E-state index contributed by atoms with van der Waals surface area (Å²) in [4.78, 5) is 62.8. The number of nitrogens with zero attached hydrogens (tertiary/aromatic N) is 4. The van der Waals surface area contributed by atoms with Crippen LogP contribution in [0.5, 0.6) is 5.75 Å². The van der Waals surface area contributed by atoms with Gasteiger partial charge in [0.1, 0.15) is 24.0 Å². The van der Waals surface area contributed by atoms with Crippen molar-refractivity contribution < 1.29 is 28.5 Å². The van der Waals surface area contributed by atoms with Crippen LogP contribution in [0.2, 0.25) is 5.02 Å². The van der Waals surface area contributed by atoms with E-state index < -0.39 is 36.8 Å². The van der Waals surface area contributed by atoms with E-state index in [4.69, 9.17) is 16.3 Å². The summed E-state index contributed by atoms with van der Waals surface area (Å²) in [5.74, 6) is -0.702. The Labute approximate surface area is 342 Å². The number of hydrogen-bond acceptors (Lipinski definition) is 13. The summed E-state index contributed by atoms with van der Waals surface area (Å²) in [5.41, 5.74) is 3.53. The third kappa shape index (κ3) is 8.96. The molecular weight excluding hydrogens is 781 g/mol. The van der Waals surface area contributed by atoms with E-state index in [1.165, 1.54) is 6.20 Å². The lowest BCUT2D eigenvalue weighted by Gasteiger charge is -2.34. The van der Waals surface area contributed by atoms with Crippen LogP contribution in [0, 0.1) is 0 Å². The Morgan fingerprint density at radius 1 is 0.897 bits per heavy atom. The van der Waals surface area contributed by atoms with Crippen LogP contribution in [0.4, 0.5) is 34.5 Å². The molecule has 15 nitrogen and oxygen atoms in total. The van der Waals surface area contributed by atoms with Gasteiger partial charge in [0.25, 0.3) is 11.8 Å². The number of unbranched alkanes of at least 4 members (excludes halogenated alkanes) is 1. The van der Waals surface area contributed by atoms with Crippen molar-refractivity contribution in [2.24, 2.45) is 0 Å². The average Bonchev–Trinajstić information content (AvgIpc) is 3.46. The van der Waals surface area contributed by atoms with E-state index in [2.05, 4.69) is 47.5 Å². The topological polar surface area (TPSA) is 187 Å². The van der Waals surface area contributed by atoms with Gasteiger partial charge in [-0.05, 0) is 88.4 Å². The fraction of sp³-hybridized carbons (Fsp3) is 0.366. The number of carbonyl (C=O) groups is 4. The van der Waals surface area contributed by atoms with Crippen molar-refractivity contribution >= 4 is 82.2 Å². The van der Waals surface area contributed by atoms with Crippen molar-refractivity contribution in [2.45, 2.75) is 50.6 Å². The van der Waals surface area contributed by atoms with Gasteiger partial charge >= 0.3 is 0 Å². The quantitative estimate of drug-likeness (QED) is 0.0557. The van der Waals surface area contributed by atoms with Crippen LogP contribution in [-0.2, 0) is 14.2 Å². The Bertz CT molecular complexity index is 2280. The van der Waals surface area contributed by atoms with Gasteiger partial charge in [0, 0.05) is 54.8 Å². The zero-order valence-corrected chi connectivity index (χ0v) is 34.3. The second-order valence-electron chi connectivity index (χ2n) is 14.9. The largest absolute Gasteiger partial charge is 0.494 e. The molecule has 17 heteroatoms. The molecule has 0 radical (unpaired) electrons. The highest BCUT2D eigenvalue weighted by molar-refractivity contribution is 7.70. The van der Waals surface area contributed by atoms with E-state index in [9.17, 15) is 23.7 Å². The van der Waals surface area contributed by atoms with Crippen molar-refractivity contribution in [3.8, 4) is 5.75 Å². The Kier molecular flexibility index (Phi) is 12.3. The molecule has 1 unspecified atom stereocenters. The maximum Gasteiger partial charge on any atom is 0.264 e. The van der Waals surface area contributed by atoms with Crippen LogP contribution in [0.15, 0.2) is 66.9 Å². The average molecular weight is 828 g/mol. The summed E-state index contributed by atoms with van der Waals surface area (Å²) in [6, 6.07) is 17.9. The van der Waals surface area contributed by atoms with Crippen molar-refractivity contribution in [3.63, 3.8) is 0 Å². The standard InChI is InChI=1S/C41H47ClN9O6P/c1-57-33-23-26(13-14-29(33)47-41-45-24-28(42)37(49-41)46-30-10-4-5-12-34(30)58(2,3)56)50-21-17-25(18-22-50)43-19-6-7-20-44-31-11-8-9-27-36(31)40(55)51(39(27)54)32-15-16-35(52)48-38(32)53/h4-5,8-14,23-25,32,43-44H,6-7,15-22H2,1-3H3,(H,48,52,53)(H2,45,46,47,49). The van der Waals surface area contributed by atoms with Gasteiger partial charge in [0.2, 0.25) is 17.8 Å². The minimum absolute atomic E-state index is 0.0791. The highest BCUT2D eigenvalue weighted by Gasteiger charge is 2.45. The third-order valence-corrected chi connectivity index (χ3v) is 12.4. The number of benzene rings is 3. The molecule has 4 aromatic rings. The van der Waals surface area contributed by atoms with Gasteiger partial charge in [-0.2, -0.15) is 4.98 Å². The Balaban J connectivity index is 0.864. The van der Waals surface area contributed by atoms with E-state index in [1.54, 1.807) is 38.6 Å². The molecule has 304 valence electrons. The minimum atomic E-state index is -2.56. The zero-order chi connectivity index (χ0) is 41.0. The molecule has 2 saturated heterocycles. The van der Waals surface area contributed by atoms with Gasteiger partial charge in [-0.1, -0.05) is 29.8 Å². The molecule has 0 spiro atoms. The number of methoxy groups -OCH3 is 1. The first-order valence-corrected chi connectivity index (χ1v) is 22.3. The van der Waals surface area contributed by atoms with Gasteiger partial charge < -0.3 is 35.5 Å². The molecule has 58 heavy (non-hydrogen) atoms. The predicted molar refractivity (Wildman–Crippen MR) is 226 cm³/mol. The van der Waals surface area contributed by atoms with Crippen LogP contribution >= 0.6 is 18.7 Å². The molecule has 3 aromatic carbocycles. The lowest BCUT2D eigenvalue weighted by molar-refractivity contribution is -0.136. The number of carbonyl (C=O) groups excluding carboxylic acids is 4. The van der Waals surface area contributed by atoms with Crippen molar-refractivity contribution in [2.75, 3.05) is 67.5 Å². The number of imide groups is 2. The van der Waals surface area contributed by atoms with Gasteiger partial charge in [0.05, 0.1) is 35.8 Å². The van der Waals surface area contributed by atoms with Crippen molar-refractivity contribution in [1.82, 2.24) is 25.5 Å². The number of ether oxygens (including phenoxy) is 1.